The van der Waals surface area contributed by atoms with Crippen LogP contribution in [0.1, 0.15) is 49.5 Å². The highest BCUT2D eigenvalue weighted by Gasteiger charge is 2.46. The van der Waals surface area contributed by atoms with Crippen molar-refractivity contribution in [3.63, 3.8) is 0 Å². The second-order valence-corrected chi connectivity index (χ2v) is 9.65. The predicted molar refractivity (Wildman–Crippen MR) is 128 cm³/mol. The van der Waals surface area contributed by atoms with Crippen molar-refractivity contribution in [3.8, 4) is 0 Å². The van der Waals surface area contributed by atoms with Crippen molar-refractivity contribution in [2.75, 3.05) is 24.5 Å². The summed E-state index contributed by atoms with van der Waals surface area (Å²) in [7, 11) is 0. The van der Waals surface area contributed by atoms with Gasteiger partial charge < -0.3 is 14.2 Å². The molecule has 2 fully saturated rings. The molecule has 1 aromatic heterocycles. The van der Waals surface area contributed by atoms with Crippen LogP contribution in [0.2, 0.25) is 5.02 Å². The van der Waals surface area contributed by atoms with E-state index in [0.717, 1.165) is 29.6 Å². The van der Waals surface area contributed by atoms with Gasteiger partial charge in [-0.3, -0.25) is 9.69 Å². The van der Waals surface area contributed by atoms with E-state index < -0.39 is 5.60 Å². The van der Waals surface area contributed by atoms with Crippen molar-refractivity contribution in [2.24, 2.45) is 0 Å². The Kier molecular flexibility index (Phi) is 5.52. The summed E-state index contributed by atoms with van der Waals surface area (Å²) in [6.45, 7) is 5.85. The number of benzene rings is 2. The Hall–Kier alpha value is -3.06. The first-order valence-corrected chi connectivity index (χ1v) is 11.7. The number of hydrogen-bond donors (Lipinski definition) is 0. The Balaban J connectivity index is 1.31. The number of imidazole rings is 1. The van der Waals surface area contributed by atoms with Gasteiger partial charge in [0, 0.05) is 41.8 Å². The molecule has 3 aromatic rings. The van der Waals surface area contributed by atoms with Gasteiger partial charge in [-0.25, -0.2) is 9.78 Å². The molecule has 0 saturated carbocycles. The molecular weight excluding hydrogens is 440 g/mol. The van der Waals surface area contributed by atoms with Crippen LogP contribution in [0.15, 0.2) is 48.8 Å². The van der Waals surface area contributed by atoms with Gasteiger partial charge in [0.1, 0.15) is 5.60 Å². The Morgan fingerprint density at radius 3 is 2.79 bits per heavy atom. The maximum Gasteiger partial charge on any atom is 0.415 e. The van der Waals surface area contributed by atoms with E-state index in [-0.39, 0.29) is 12.0 Å². The third kappa shape index (κ3) is 4.06. The van der Waals surface area contributed by atoms with Gasteiger partial charge in [0.2, 0.25) is 0 Å². The highest BCUT2D eigenvalue weighted by Crippen LogP contribution is 2.36. The van der Waals surface area contributed by atoms with Crippen LogP contribution in [0.4, 0.5) is 10.5 Å². The normalized spacial score (nSPS) is 21.2. The number of nitrogens with zero attached hydrogens (tertiary/aromatic N) is 4. The van der Waals surface area contributed by atoms with Crippen LogP contribution in [0, 0.1) is 0 Å². The number of fused-ring (bicyclic) bond motifs is 1. The first kappa shape index (κ1) is 21.8. The Labute approximate surface area is 197 Å². The second kappa shape index (κ2) is 8.37. The monoisotopic (exact) mass is 466 g/mol. The third-order valence-electron chi connectivity index (χ3n) is 6.65. The van der Waals surface area contributed by atoms with Gasteiger partial charge in [-0.15, -0.1) is 0 Å². The molecule has 2 aliphatic heterocycles. The van der Waals surface area contributed by atoms with E-state index >= 15 is 0 Å². The van der Waals surface area contributed by atoms with E-state index in [1.54, 1.807) is 17.0 Å². The quantitative estimate of drug-likeness (QED) is 0.525. The number of hydrogen-bond acceptors (Lipinski definition) is 4. The summed E-state index contributed by atoms with van der Waals surface area (Å²) in [5.74, 6) is -0.0101. The Morgan fingerprint density at radius 1 is 1.15 bits per heavy atom. The topological polar surface area (TPSA) is 67.7 Å². The highest BCUT2D eigenvalue weighted by molar-refractivity contribution is 6.30. The molecule has 0 aliphatic carbocycles. The Bertz CT molecular complexity index is 1220. The minimum Gasteiger partial charge on any atom is -0.441 e. The van der Waals surface area contributed by atoms with Crippen molar-refractivity contribution < 1.29 is 14.3 Å². The van der Waals surface area contributed by atoms with Gasteiger partial charge in [-0.2, -0.15) is 0 Å². The molecule has 3 heterocycles. The van der Waals surface area contributed by atoms with Gasteiger partial charge in [0.15, 0.2) is 0 Å². The molecule has 0 radical (unpaired) electrons. The van der Waals surface area contributed by atoms with E-state index in [0.29, 0.717) is 42.7 Å². The number of likely N-dealkylation sites (tertiary alicyclic amines) is 1. The van der Waals surface area contributed by atoms with Crippen LogP contribution >= 0.6 is 11.6 Å². The van der Waals surface area contributed by atoms with Gasteiger partial charge in [0.25, 0.3) is 5.91 Å². The summed E-state index contributed by atoms with van der Waals surface area (Å²) >= 11 is 6.11. The summed E-state index contributed by atoms with van der Waals surface area (Å²) in [6, 6.07) is 13.2. The zero-order valence-electron chi connectivity index (χ0n) is 18.8. The van der Waals surface area contributed by atoms with Crippen molar-refractivity contribution >= 4 is 40.3 Å². The zero-order chi connectivity index (χ0) is 23.2. The third-order valence-corrected chi connectivity index (χ3v) is 6.89. The van der Waals surface area contributed by atoms with Crippen molar-refractivity contribution in [3.05, 3.63) is 59.4 Å². The van der Waals surface area contributed by atoms with Gasteiger partial charge in [0.05, 0.1) is 23.9 Å². The molecule has 8 heteroatoms. The molecule has 0 unspecified atom stereocenters. The number of ether oxygens (including phenoxy) is 1. The summed E-state index contributed by atoms with van der Waals surface area (Å²) in [6.07, 6.45) is 3.55. The molecule has 33 heavy (non-hydrogen) atoms. The summed E-state index contributed by atoms with van der Waals surface area (Å²) in [5.41, 5.74) is 2.62. The lowest BCUT2D eigenvalue weighted by Crippen LogP contribution is -2.37. The lowest BCUT2D eigenvalue weighted by molar-refractivity contribution is 0.0438. The number of halogens is 1. The van der Waals surface area contributed by atoms with Crippen LogP contribution in [-0.2, 0) is 4.74 Å². The summed E-state index contributed by atoms with van der Waals surface area (Å²) in [5, 5.41) is 0.578. The second-order valence-electron chi connectivity index (χ2n) is 9.21. The first-order valence-electron chi connectivity index (χ1n) is 11.4. The average molecular weight is 467 g/mol. The van der Waals surface area contributed by atoms with Crippen molar-refractivity contribution in [1.82, 2.24) is 14.5 Å². The number of anilines is 1. The molecule has 0 bridgehead atoms. The van der Waals surface area contributed by atoms with Crippen LogP contribution in [0.5, 0.6) is 0 Å². The number of carbonyl (C=O) groups excluding carboxylic acids is 2. The molecule has 5 rings (SSSR count). The molecule has 1 atom stereocenters. The first-order chi connectivity index (χ1) is 15.8. The fourth-order valence-corrected chi connectivity index (χ4v) is 5.04. The minimum absolute atomic E-state index is 0.0101. The summed E-state index contributed by atoms with van der Waals surface area (Å²) < 4.78 is 7.98. The van der Waals surface area contributed by atoms with Gasteiger partial charge in [-0.05, 0) is 63.1 Å². The summed E-state index contributed by atoms with van der Waals surface area (Å²) in [4.78, 5) is 33.9. The van der Waals surface area contributed by atoms with E-state index in [1.165, 1.54) is 0 Å². The molecular formula is C25H27ClN4O3. The lowest BCUT2D eigenvalue weighted by atomic mass is 9.95. The van der Waals surface area contributed by atoms with E-state index in [2.05, 4.69) is 23.4 Å². The van der Waals surface area contributed by atoms with E-state index in [9.17, 15) is 9.59 Å². The van der Waals surface area contributed by atoms with Crippen LogP contribution in [-0.4, -0.2) is 51.7 Å². The maximum absolute atomic E-state index is 13.3. The van der Waals surface area contributed by atoms with Crippen LogP contribution in [0.25, 0.3) is 11.0 Å². The molecule has 1 spiro atoms. The fraction of sp³-hybridized carbons (Fsp3) is 0.400. The lowest BCUT2D eigenvalue weighted by Gasteiger charge is -2.25. The molecule has 2 aliphatic rings. The van der Waals surface area contributed by atoms with Crippen molar-refractivity contribution in [2.45, 2.75) is 44.8 Å². The van der Waals surface area contributed by atoms with Gasteiger partial charge in [-0.1, -0.05) is 17.7 Å². The molecule has 0 N–H and O–H groups in total. The van der Waals surface area contributed by atoms with Gasteiger partial charge >= 0.3 is 6.09 Å². The molecule has 2 amide bonds. The zero-order valence-corrected chi connectivity index (χ0v) is 19.6. The maximum atomic E-state index is 13.3. The smallest absolute Gasteiger partial charge is 0.415 e. The number of aromatic nitrogens is 2. The largest absolute Gasteiger partial charge is 0.441 e. The number of amides is 2. The average Bonchev–Trinajstić information content (AvgIpc) is 3.29. The molecule has 2 saturated heterocycles. The Morgan fingerprint density at radius 2 is 2.00 bits per heavy atom. The molecule has 2 aromatic carbocycles. The van der Waals surface area contributed by atoms with E-state index in [1.807, 2.05) is 41.6 Å². The van der Waals surface area contributed by atoms with Crippen molar-refractivity contribution in [1.29, 1.82) is 0 Å². The molecule has 7 nitrogen and oxygen atoms in total. The predicted octanol–water partition coefficient (Wildman–Crippen LogP) is 5.29. The van der Waals surface area contributed by atoms with Crippen LogP contribution < -0.4 is 4.90 Å². The number of rotatable bonds is 3. The number of carbonyl (C=O) groups is 2. The highest BCUT2D eigenvalue weighted by atomic mass is 35.5. The van der Waals surface area contributed by atoms with E-state index in [4.69, 9.17) is 16.3 Å². The van der Waals surface area contributed by atoms with Crippen LogP contribution in [0.3, 0.4) is 0 Å². The SMILES string of the molecule is CC(C)n1cnc2cc(C(=O)N3CCC[C@]4(CC3)CN(c3cccc(Cl)c3)C(=O)O4)ccc21. The standard InChI is InChI=1S/C25H27ClN4O3/c1-17(2)30-16-27-21-13-18(7-8-22(21)30)23(31)28-11-4-9-25(10-12-28)15-29(24(32)33-25)20-6-3-5-19(26)14-20/h3,5-8,13-14,16-17H,4,9-12,15H2,1-2H3/t25-/m0/s1. The molecule has 172 valence electrons. The minimum atomic E-state index is -0.589. The fourth-order valence-electron chi connectivity index (χ4n) is 4.86.